The Morgan fingerprint density at radius 3 is 2.80 bits per heavy atom. The first-order valence-electron chi connectivity index (χ1n) is 5.17. The number of hydrogen-bond donors (Lipinski definition) is 1. The van der Waals surface area contributed by atoms with Gasteiger partial charge in [-0.15, -0.1) is 0 Å². The van der Waals surface area contributed by atoms with Crippen LogP contribution in [-0.4, -0.2) is 16.6 Å². The van der Waals surface area contributed by atoms with Crippen LogP contribution in [0.4, 0.5) is 5.69 Å². The van der Waals surface area contributed by atoms with Crippen LogP contribution < -0.4 is 5.73 Å². The van der Waals surface area contributed by atoms with Gasteiger partial charge in [0.05, 0.1) is 11.8 Å². The van der Waals surface area contributed by atoms with Gasteiger partial charge in [0.1, 0.15) is 5.69 Å². The first-order chi connectivity index (χ1) is 7.04. The summed E-state index contributed by atoms with van der Waals surface area (Å²) >= 11 is 0. The van der Waals surface area contributed by atoms with Crippen molar-refractivity contribution in [2.24, 2.45) is 7.05 Å². The number of nitrogens with zero attached hydrogens (tertiary/aromatic N) is 1. The van der Waals surface area contributed by atoms with Crippen molar-refractivity contribution in [2.75, 3.05) is 5.73 Å². The molecule has 1 unspecified atom stereocenters. The Labute approximate surface area is 90.0 Å². The lowest BCUT2D eigenvalue weighted by atomic mass is 10.2. The fourth-order valence-electron chi connectivity index (χ4n) is 1.50. The lowest BCUT2D eigenvalue weighted by Gasteiger charge is -2.12. The molecule has 0 radical (unpaired) electrons. The molecule has 1 heterocycles. The summed E-state index contributed by atoms with van der Waals surface area (Å²) in [7, 11) is 1.78. The number of aryl methyl sites for hydroxylation is 1. The molecular formula is C11H18N2O2. The zero-order valence-electron chi connectivity index (χ0n) is 9.49. The highest BCUT2D eigenvalue weighted by molar-refractivity contribution is 5.89. The molecule has 0 fully saturated rings. The van der Waals surface area contributed by atoms with E-state index in [9.17, 15) is 4.79 Å². The standard InChI is InChI=1S/C11H18N2O2/c1-4-5-8(2)15-11(14)10-6-9(12)7-13(10)3/h6-8H,4-5,12H2,1-3H3. The van der Waals surface area contributed by atoms with Gasteiger partial charge in [0.25, 0.3) is 0 Å². The summed E-state index contributed by atoms with van der Waals surface area (Å²) < 4.78 is 6.93. The van der Waals surface area contributed by atoms with Gasteiger partial charge in [-0.2, -0.15) is 0 Å². The lowest BCUT2D eigenvalue weighted by Crippen LogP contribution is -2.16. The van der Waals surface area contributed by atoms with Crippen LogP contribution in [0.3, 0.4) is 0 Å². The molecule has 0 saturated heterocycles. The third-order valence-corrected chi connectivity index (χ3v) is 2.24. The van der Waals surface area contributed by atoms with Gasteiger partial charge < -0.3 is 15.0 Å². The van der Waals surface area contributed by atoms with E-state index < -0.39 is 0 Å². The van der Waals surface area contributed by atoms with Crippen LogP contribution in [-0.2, 0) is 11.8 Å². The average Bonchev–Trinajstić information content (AvgIpc) is 2.45. The fraction of sp³-hybridized carbons (Fsp3) is 0.545. The average molecular weight is 210 g/mol. The van der Waals surface area contributed by atoms with Gasteiger partial charge in [0.2, 0.25) is 0 Å². The molecule has 0 aliphatic rings. The molecule has 1 aromatic heterocycles. The third kappa shape index (κ3) is 3.01. The highest BCUT2D eigenvalue weighted by atomic mass is 16.5. The van der Waals surface area contributed by atoms with Crippen molar-refractivity contribution in [2.45, 2.75) is 32.8 Å². The molecule has 0 aromatic carbocycles. The van der Waals surface area contributed by atoms with Crippen molar-refractivity contribution in [3.05, 3.63) is 18.0 Å². The summed E-state index contributed by atoms with van der Waals surface area (Å²) in [5.41, 5.74) is 6.65. The Balaban J connectivity index is 2.65. The Morgan fingerprint density at radius 1 is 1.67 bits per heavy atom. The number of ether oxygens (including phenoxy) is 1. The molecule has 4 nitrogen and oxygen atoms in total. The van der Waals surface area contributed by atoms with Gasteiger partial charge in [-0.3, -0.25) is 0 Å². The third-order valence-electron chi connectivity index (χ3n) is 2.24. The van der Waals surface area contributed by atoms with E-state index in [-0.39, 0.29) is 12.1 Å². The van der Waals surface area contributed by atoms with E-state index in [1.54, 1.807) is 23.9 Å². The monoisotopic (exact) mass is 210 g/mol. The molecule has 1 rings (SSSR count). The summed E-state index contributed by atoms with van der Waals surface area (Å²) in [4.78, 5) is 11.7. The maximum Gasteiger partial charge on any atom is 0.355 e. The molecule has 0 aliphatic carbocycles. The molecule has 84 valence electrons. The van der Waals surface area contributed by atoms with Crippen LogP contribution in [0.25, 0.3) is 0 Å². The normalized spacial score (nSPS) is 12.5. The molecule has 0 saturated carbocycles. The summed E-state index contributed by atoms with van der Waals surface area (Å²) in [6.07, 6.45) is 3.54. The minimum atomic E-state index is -0.310. The van der Waals surface area contributed by atoms with Crippen molar-refractivity contribution >= 4 is 11.7 Å². The van der Waals surface area contributed by atoms with Gasteiger partial charge >= 0.3 is 5.97 Å². The molecule has 0 spiro atoms. The van der Waals surface area contributed by atoms with E-state index in [0.717, 1.165) is 12.8 Å². The quantitative estimate of drug-likeness (QED) is 0.773. The largest absolute Gasteiger partial charge is 0.458 e. The Hall–Kier alpha value is -1.45. The Morgan fingerprint density at radius 2 is 2.33 bits per heavy atom. The number of carbonyl (C=O) groups excluding carboxylic acids is 1. The molecule has 0 aliphatic heterocycles. The van der Waals surface area contributed by atoms with E-state index >= 15 is 0 Å². The van der Waals surface area contributed by atoms with Crippen LogP contribution in [0.15, 0.2) is 12.3 Å². The van der Waals surface area contributed by atoms with Gasteiger partial charge in [-0.05, 0) is 19.4 Å². The molecule has 1 atom stereocenters. The summed E-state index contributed by atoms with van der Waals surface area (Å²) in [5.74, 6) is -0.310. The molecule has 2 N–H and O–H groups in total. The highest BCUT2D eigenvalue weighted by Gasteiger charge is 2.14. The Kier molecular flexibility index (Phi) is 3.77. The maximum absolute atomic E-state index is 11.7. The molecule has 0 bridgehead atoms. The van der Waals surface area contributed by atoms with Crippen LogP contribution in [0, 0.1) is 0 Å². The number of esters is 1. The minimum Gasteiger partial charge on any atom is -0.458 e. The second-order valence-electron chi connectivity index (χ2n) is 3.77. The first-order valence-corrected chi connectivity index (χ1v) is 5.17. The van der Waals surface area contributed by atoms with E-state index in [0.29, 0.717) is 11.4 Å². The summed E-state index contributed by atoms with van der Waals surface area (Å²) in [6, 6.07) is 1.63. The van der Waals surface area contributed by atoms with Gasteiger partial charge in [-0.1, -0.05) is 13.3 Å². The van der Waals surface area contributed by atoms with E-state index in [1.165, 1.54) is 0 Å². The molecule has 0 amide bonds. The van der Waals surface area contributed by atoms with Crippen LogP contribution in [0.5, 0.6) is 0 Å². The van der Waals surface area contributed by atoms with Crippen LogP contribution >= 0.6 is 0 Å². The number of hydrogen-bond acceptors (Lipinski definition) is 3. The number of nitrogens with two attached hydrogens (primary N) is 1. The van der Waals surface area contributed by atoms with E-state index in [4.69, 9.17) is 10.5 Å². The number of nitrogen functional groups attached to an aromatic ring is 1. The molecule has 15 heavy (non-hydrogen) atoms. The van der Waals surface area contributed by atoms with Gasteiger partial charge in [0, 0.05) is 13.2 Å². The number of rotatable bonds is 4. The minimum absolute atomic E-state index is 0.0429. The van der Waals surface area contributed by atoms with Crippen molar-refractivity contribution in [3.8, 4) is 0 Å². The summed E-state index contributed by atoms with van der Waals surface area (Å²) in [6.45, 7) is 3.96. The number of anilines is 1. The van der Waals surface area contributed by atoms with Crippen LogP contribution in [0.2, 0.25) is 0 Å². The van der Waals surface area contributed by atoms with E-state index in [2.05, 4.69) is 6.92 Å². The summed E-state index contributed by atoms with van der Waals surface area (Å²) in [5, 5.41) is 0. The van der Waals surface area contributed by atoms with Crippen molar-refractivity contribution in [1.82, 2.24) is 4.57 Å². The predicted molar refractivity (Wildman–Crippen MR) is 59.6 cm³/mol. The van der Waals surface area contributed by atoms with Gasteiger partial charge in [-0.25, -0.2) is 4.79 Å². The second-order valence-corrected chi connectivity index (χ2v) is 3.77. The van der Waals surface area contributed by atoms with Crippen molar-refractivity contribution < 1.29 is 9.53 Å². The zero-order valence-corrected chi connectivity index (χ0v) is 9.49. The second kappa shape index (κ2) is 4.87. The fourth-order valence-corrected chi connectivity index (χ4v) is 1.50. The maximum atomic E-state index is 11.7. The highest BCUT2D eigenvalue weighted by Crippen LogP contribution is 2.12. The lowest BCUT2D eigenvalue weighted by molar-refractivity contribution is 0.0312. The van der Waals surface area contributed by atoms with Crippen molar-refractivity contribution in [3.63, 3.8) is 0 Å². The first kappa shape index (κ1) is 11.6. The molecule has 4 heteroatoms. The Bertz CT molecular complexity index is 344. The zero-order chi connectivity index (χ0) is 11.4. The number of carbonyl (C=O) groups is 1. The molecule has 1 aromatic rings. The smallest absolute Gasteiger partial charge is 0.355 e. The SMILES string of the molecule is CCCC(C)OC(=O)c1cc(N)cn1C. The van der Waals surface area contributed by atoms with Crippen LogP contribution in [0.1, 0.15) is 37.2 Å². The van der Waals surface area contributed by atoms with Crippen molar-refractivity contribution in [1.29, 1.82) is 0 Å². The topological polar surface area (TPSA) is 57.2 Å². The number of aromatic nitrogens is 1. The van der Waals surface area contributed by atoms with Gasteiger partial charge in [0.15, 0.2) is 0 Å². The predicted octanol–water partition coefficient (Wildman–Crippen LogP) is 1.95. The molecular weight excluding hydrogens is 192 g/mol. The van der Waals surface area contributed by atoms with E-state index in [1.807, 2.05) is 6.92 Å².